The van der Waals surface area contributed by atoms with Gasteiger partial charge in [-0.25, -0.2) is 4.39 Å². The molecular formula is C13H13BrFN. The van der Waals surface area contributed by atoms with E-state index >= 15 is 0 Å². The van der Waals surface area contributed by atoms with E-state index in [2.05, 4.69) is 27.8 Å². The highest BCUT2D eigenvalue weighted by molar-refractivity contribution is 9.10. The predicted molar refractivity (Wildman–Crippen MR) is 67.3 cm³/mol. The first-order valence-corrected chi connectivity index (χ1v) is 6.46. The van der Waals surface area contributed by atoms with Crippen LogP contribution in [0.15, 0.2) is 16.6 Å². The number of halogens is 2. The number of aryl methyl sites for hydroxylation is 1. The standard InChI is InChI=1S/C13H13BrFN/c1-7-3-2-4-8-11-10(15)6-5-9(14)13(11)16-12(7)8/h5-7,16H,2-4H2,1H3. The van der Waals surface area contributed by atoms with Crippen molar-refractivity contribution in [3.63, 3.8) is 0 Å². The van der Waals surface area contributed by atoms with Crippen molar-refractivity contribution >= 4 is 26.8 Å². The highest BCUT2D eigenvalue weighted by Crippen LogP contribution is 2.38. The van der Waals surface area contributed by atoms with Crippen LogP contribution in [0.4, 0.5) is 4.39 Å². The van der Waals surface area contributed by atoms with Crippen LogP contribution in [0.3, 0.4) is 0 Å². The quantitative estimate of drug-likeness (QED) is 0.731. The summed E-state index contributed by atoms with van der Waals surface area (Å²) in [5, 5.41) is 0.788. The Kier molecular flexibility index (Phi) is 2.32. The molecule has 1 nitrogen and oxygen atoms in total. The van der Waals surface area contributed by atoms with Crippen LogP contribution in [0.1, 0.15) is 36.9 Å². The summed E-state index contributed by atoms with van der Waals surface area (Å²) in [6.07, 6.45) is 3.35. The van der Waals surface area contributed by atoms with Crippen LogP contribution in [0, 0.1) is 5.82 Å². The van der Waals surface area contributed by atoms with Gasteiger partial charge >= 0.3 is 0 Å². The van der Waals surface area contributed by atoms with Gasteiger partial charge < -0.3 is 4.98 Å². The first kappa shape index (κ1) is 10.3. The van der Waals surface area contributed by atoms with Gasteiger partial charge in [0.15, 0.2) is 0 Å². The monoisotopic (exact) mass is 281 g/mol. The summed E-state index contributed by atoms with van der Waals surface area (Å²) in [6, 6.07) is 3.31. The molecule has 0 amide bonds. The van der Waals surface area contributed by atoms with Crippen molar-refractivity contribution in [2.24, 2.45) is 0 Å². The normalized spacial score (nSPS) is 20.1. The van der Waals surface area contributed by atoms with Gasteiger partial charge in [-0.2, -0.15) is 0 Å². The second-order valence-corrected chi connectivity index (χ2v) is 5.44. The zero-order chi connectivity index (χ0) is 11.3. The van der Waals surface area contributed by atoms with Crippen LogP contribution in [0.2, 0.25) is 0 Å². The molecule has 1 unspecified atom stereocenters. The highest BCUT2D eigenvalue weighted by Gasteiger charge is 2.23. The summed E-state index contributed by atoms with van der Waals surface area (Å²) in [6.45, 7) is 2.21. The SMILES string of the molecule is CC1CCCc2c1[nH]c1c(Br)ccc(F)c21. The van der Waals surface area contributed by atoms with Crippen molar-refractivity contribution in [1.82, 2.24) is 4.98 Å². The summed E-state index contributed by atoms with van der Waals surface area (Å²) < 4.78 is 14.8. The molecule has 0 bridgehead atoms. The van der Waals surface area contributed by atoms with E-state index in [1.165, 1.54) is 17.7 Å². The minimum Gasteiger partial charge on any atom is -0.357 e. The molecule has 16 heavy (non-hydrogen) atoms. The minimum absolute atomic E-state index is 0.107. The number of nitrogens with one attached hydrogen (secondary N) is 1. The van der Waals surface area contributed by atoms with Crippen LogP contribution in [-0.2, 0) is 6.42 Å². The third kappa shape index (κ3) is 1.34. The fourth-order valence-corrected chi connectivity index (χ4v) is 3.15. The fraction of sp³-hybridized carbons (Fsp3) is 0.385. The molecule has 1 aliphatic rings. The van der Waals surface area contributed by atoms with Crippen LogP contribution in [0.25, 0.3) is 10.9 Å². The molecule has 3 heteroatoms. The number of fused-ring (bicyclic) bond motifs is 3. The Morgan fingerprint density at radius 2 is 2.25 bits per heavy atom. The van der Waals surface area contributed by atoms with Gasteiger partial charge in [0.1, 0.15) is 5.82 Å². The Bertz CT molecular complexity index is 559. The molecule has 0 saturated heterocycles. The average molecular weight is 282 g/mol. The Morgan fingerprint density at radius 1 is 1.44 bits per heavy atom. The van der Waals surface area contributed by atoms with E-state index in [9.17, 15) is 4.39 Å². The Balaban J connectivity index is 2.40. The van der Waals surface area contributed by atoms with Gasteiger partial charge in [-0.3, -0.25) is 0 Å². The summed E-state index contributed by atoms with van der Waals surface area (Å²) in [4.78, 5) is 3.39. The smallest absolute Gasteiger partial charge is 0.132 e. The molecule has 1 aromatic carbocycles. The van der Waals surface area contributed by atoms with Crippen molar-refractivity contribution in [3.8, 4) is 0 Å². The van der Waals surface area contributed by atoms with Crippen molar-refractivity contribution < 1.29 is 4.39 Å². The first-order chi connectivity index (χ1) is 7.68. The molecule has 1 aromatic heterocycles. The van der Waals surface area contributed by atoms with Crippen LogP contribution in [-0.4, -0.2) is 4.98 Å². The summed E-state index contributed by atoms with van der Waals surface area (Å²) >= 11 is 3.48. The van der Waals surface area contributed by atoms with E-state index in [-0.39, 0.29) is 5.82 Å². The third-order valence-electron chi connectivity index (χ3n) is 3.55. The van der Waals surface area contributed by atoms with Gasteiger partial charge in [-0.15, -0.1) is 0 Å². The number of aromatic nitrogens is 1. The minimum atomic E-state index is -0.107. The lowest BCUT2D eigenvalue weighted by atomic mass is 9.88. The molecule has 1 aliphatic carbocycles. The zero-order valence-corrected chi connectivity index (χ0v) is 10.7. The van der Waals surface area contributed by atoms with E-state index in [4.69, 9.17) is 0 Å². The summed E-state index contributed by atoms with van der Waals surface area (Å²) in [5.41, 5.74) is 3.33. The molecule has 1 heterocycles. The van der Waals surface area contributed by atoms with Gasteiger partial charge in [-0.05, 0) is 58.8 Å². The van der Waals surface area contributed by atoms with Gasteiger partial charge in [-0.1, -0.05) is 6.92 Å². The number of benzene rings is 1. The maximum absolute atomic E-state index is 13.9. The Morgan fingerprint density at radius 3 is 3.06 bits per heavy atom. The number of hydrogen-bond acceptors (Lipinski definition) is 0. The fourth-order valence-electron chi connectivity index (χ4n) is 2.72. The summed E-state index contributed by atoms with van der Waals surface area (Å²) in [5.74, 6) is 0.409. The van der Waals surface area contributed by atoms with Gasteiger partial charge in [0.25, 0.3) is 0 Å². The van der Waals surface area contributed by atoms with E-state index in [1.54, 1.807) is 12.1 Å². The maximum Gasteiger partial charge on any atom is 0.132 e. The molecule has 3 rings (SSSR count). The Hall–Kier alpha value is -0.830. The predicted octanol–water partition coefficient (Wildman–Crippen LogP) is 4.51. The van der Waals surface area contributed by atoms with E-state index in [0.29, 0.717) is 5.92 Å². The number of rotatable bonds is 0. The topological polar surface area (TPSA) is 15.8 Å². The molecule has 0 saturated carbocycles. The van der Waals surface area contributed by atoms with Crippen molar-refractivity contribution in [3.05, 3.63) is 33.7 Å². The highest BCUT2D eigenvalue weighted by atomic mass is 79.9. The number of aromatic amines is 1. The molecule has 84 valence electrons. The molecule has 0 radical (unpaired) electrons. The molecule has 2 aromatic rings. The lowest BCUT2D eigenvalue weighted by Gasteiger charge is -2.18. The molecule has 1 atom stereocenters. The van der Waals surface area contributed by atoms with Crippen molar-refractivity contribution in [2.75, 3.05) is 0 Å². The van der Waals surface area contributed by atoms with Gasteiger partial charge in [0.2, 0.25) is 0 Å². The maximum atomic E-state index is 13.9. The molecule has 0 fully saturated rings. The van der Waals surface area contributed by atoms with Gasteiger partial charge in [0.05, 0.1) is 5.52 Å². The van der Waals surface area contributed by atoms with Crippen molar-refractivity contribution in [1.29, 1.82) is 0 Å². The molecule has 1 N–H and O–H groups in total. The molecule has 0 aliphatic heterocycles. The van der Waals surface area contributed by atoms with E-state index < -0.39 is 0 Å². The molecular weight excluding hydrogens is 269 g/mol. The van der Waals surface area contributed by atoms with E-state index in [0.717, 1.165) is 28.2 Å². The largest absolute Gasteiger partial charge is 0.357 e. The second-order valence-electron chi connectivity index (χ2n) is 4.59. The summed E-state index contributed by atoms with van der Waals surface area (Å²) in [7, 11) is 0. The zero-order valence-electron chi connectivity index (χ0n) is 9.11. The third-order valence-corrected chi connectivity index (χ3v) is 4.21. The van der Waals surface area contributed by atoms with Gasteiger partial charge in [0, 0.05) is 15.6 Å². The second kappa shape index (κ2) is 3.59. The lowest BCUT2D eigenvalue weighted by Crippen LogP contribution is -2.05. The lowest BCUT2D eigenvalue weighted by molar-refractivity contribution is 0.580. The average Bonchev–Trinajstić information content (AvgIpc) is 2.66. The first-order valence-electron chi connectivity index (χ1n) is 5.67. The number of hydrogen-bond donors (Lipinski definition) is 1. The van der Waals surface area contributed by atoms with Crippen LogP contribution >= 0.6 is 15.9 Å². The van der Waals surface area contributed by atoms with Crippen LogP contribution in [0.5, 0.6) is 0 Å². The van der Waals surface area contributed by atoms with E-state index in [1.807, 2.05) is 0 Å². The van der Waals surface area contributed by atoms with Crippen LogP contribution < -0.4 is 0 Å². The number of H-pyrrole nitrogens is 1. The molecule has 0 spiro atoms. The Labute approximate surface area is 102 Å². The van der Waals surface area contributed by atoms with Crippen molar-refractivity contribution in [2.45, 2.75) is 32.1 Å².